The number of nitrogens with two attached hydrogens (primary N) is 1. The topological polar surface area (TPSA) is 119 Å². The monoisotopic (exact) mass is 370 g/mol. The van der Waals surface area contributed by atoms with Crippen LogP contribution in [0, 0.1) is 0 Å². The molecule has 0 bridgehead atoms. The maximum Gasteiger partial charge on any atom is 0.326 e. The number of halogens is 1. The van der Waals surface area contributed by atoms with Crippen molar-refractivity contribution in [1.82, 2.24) is 4.90 Å². The van der Waals surface area contributed by atoms with E-state index in [1.54, 1.807) is 0 Å². The molecule has 1 aliphatic rings. The number of primary amides is 1. The Morgan fingerprint density at radius 2 is 2.08 bits per heavy atom. The Hall–Kier alpha value is -2.48. The molecule has 25 heavy (non-hydrogen) atoms. The first-order chi connectivity index (χ1) is 11.8. The van der Waals surface area contributed by atoms with E-state index >= 15 is 0 Å². The number of amides is 2. The average molecular weight is 371 g/mol. The summed E-state index contributed by atoms with van der Waals surface area (Å²) in [7, 11) is 1.36. The van der Waals surface area contributed by atoms with Gasteiger partial charge < -0.3 is 25.2 Å². The summed E-state index contributed by atoms with van der Waals surface area (Å²) < 4.78 is 10.4. The molecule has 0 aromatic heterocycles. The molecule has 3 N–H and O–H groups in total. The molecule has 1 aromatic rings. The van der Waals surface area contributed by atoms with Crippen LogP contribution in [-0.2, 0) is 9.59 Å². The van der Waals surface area contributed by atoms with Gasteiger partial charge in [-0.2, -0.15) is 0 Å². The van der Waals surface area contributed by atoms with Gasteiger partial charge in [-0.05, 0) is 31.4 Å². The molecular formula is C16H19ClN2O6. The van der Waals surface area contributed by atoms with E-state index in [1.807, 2.05) is 0 Å². The number of carbonyl (C=O) groups is 3. The molecule has 0 unspecified atom stereocenters. The Bertz CT molecular complexity index is 693. The van der Waals surface area contributed by atoms with Gasteiger partial charge in [0.15, 0.2) is 18.1 Å². The molecule has 1 saturated heterocycles. The van der Waals surface area contributed by atoms with Crippen molar-refractivity contribution in [2.24, 2.45) is 5.73 Å². The molecule has 2 rings (SSSR count). The van der Waals surface area contributed by atoms with Crippen molar-refractivity contribution >= 4 is 29.4 Å². The summed E-state index contributed by atoms with van der Waals surface area (Å²) in [4.78, 5) is 36.3. The lowest BCUT2D eigenvalue weighted by atomic mass is 10.0. The fourth-order valence-corrected chi connectivity index (χ4v) is 2.99. The number of carboxylic acid groups (broad SMARTS) is 1. The van der Waals surface area contributed by atoms with Crippen molar-refractivity contribution in [3.63, 3.8) is 0 Å². The van der Waals surface area contributed by atoms with Gasteiger partial charge in [0.05, 0.1) is 12.1 Å². The van der Waals surface area contributed by atoms with E-state index in [9.17, 15) is 19.5 Å². The number of carboxylic acids is 1. The van der Waals surface area contributed by atoms with Gasteiger partial charge in [-0.3, -0.25) is 9.59 Å². The molecule has 0 radical (unpaired) electrons. The second-order valence-corrected chi connectivity index (χ2v) is 6.00. The molecule has 9 heteroatoms. The molecule has 0 saturated carbocycles. The summed E-state index contributed by atoms with van der Waals surface area (Å²) in [6.07, 6.45) is 1.90. The second-order valence-electron chi connectivity index (χ2n) is 5.59. The summed E-state index contributed by atoms with van der Waals surface area (Å²) in [6, 6.07) is 1.89. The van der Waals surface area contributed by atoms with Crippen LogP contribution in [0.25, 0.3) is 0 Å². The van der Waals surface area contributed by atoms with E-state index in [4.69, 9.17) is 26.8 Å². The number of benzene rings is 1. The molecule has 0 spiro atoms. The number of methoxy groups -OCH3 is 1. The van der Waals surface area contributed by atoms with Gasteiger partial charge in [0, 0.05) is 12.1 Å². The highest BCUT2D eigenvalue weighted by Crippen LogP contribution is 2.37. The summed E-state index contributed by atoms with van der Waals surface area (Å²) in [6.45, 7) is -0.0355. The summed E-state index contributed by atoms with van der Waals surface area (Å²) in [5.74, 6) is -1.92. The third-order valence-electron chi connectivity index (χ3n) is 3.88. The molecule has 1 aliphatic heterocycles. The Labute approximate surface area is 149 Å². The molecule has 136 valence electrons. The number of carbonyl (C=O) groups excluding carboxylic acids is 2. The number of ether oxygens (including phenoxy) is 2. The Morgan fingerprint density at radius 1 is 1.36 bits per heavy atom. The molecule has 1 fully saturated rings. The quantitative estimate of drug-likeness (QED) is 0.778. The van der Waals surface area contributed by atoms with Gasteiger partial charge in [-0.15, -0.1) is 0 Å². The molecule has 8 nitrogen and oxygen atoms in total. The number of piperidine rings is 1. The lowest BCUT2D eigenvalue weighted by Crippen LogP contribution is -2.48. The minimum atomic E-state index is -1.03. The number of hydrogen-bond acceptors (Lipinski definition) is 5. The van der Waals surface area contributed by atoms with Crippen LogP contribution in [0.15, 0.2) is 12.1 Å². The van der Waals surface area contributed by atoms with Crippen LogP contribution in [0.4, 0.5) is 0 Å². The zero-order valence-corrected chi connectivity index (χ0v) is 14.4. The first-order valence-corrected chi connectivity index (χ1v) is 8.05. The second kappa shape index (κ2) is 8.06. The number of hydrogen-bond donors (Lipinski definition) is 2. The van der Waals surface area contributed by atoms with Gasteiger partial charge in [0.25, 0.3) is 11.8 Å². The first-order valence-electron chi connectivity index (χ1n) is 7.67. The third kappa shape index (κ3) is 4.33. The number of likely N-dealkylation sites (tertiary alicyclic amines) is 1. The van der Waals surface area contributed by atoms with E-state index in [2.05, 4.69) is 0 Å². The highest BCUT2D eigenvalue weighted by atomic mass is 35.5. The van der Waals surface area contributed by atoms with Gasteiger partial charge in [-0.1, -0.05) is 11.6 Å². The van der Waals surface area contributed by atoms with Crippen molar-refractivity contribution in [2.45, 2.75) is 25.3 Å². The fourth-order valence-electron chi connectivity index (χ4n) is 2.72. The lowest BCUT2D eigenvalue weighted by molar-refractivity contribution is -0.143. The summed E-state index contributed by atoms with van der Waals surface area (Å²) >= 11 is 6.13. The molecule has 0 aliphatic carbocycles. The third-order valence-corrected chi connectivity index (χ3v) is 4.16. The summed E-state index contributed by atoms with van der Waals surface area (Å²) in [5, 5.41) is 9.38. The molecule has 1 aromatic carbocycles. The fraction of sp³-hybridized carbons (Fsp3) is 0.438. The SMILES string of the molecule is COc1cc(C(=O)N2CCCC[C@H]2C(=O)O)cc(Cl)c1OCC(N)=O. The van der Waals surface area contributed by atoms with E-state index in [1.165, 1.54) is 24.1 Å². The zero-order valence-electron chi connectivity index (χ0n) is 13.7. The van der Waals surface area contributed by atoms with Crippen molar-refractivity contribution in [1.29, 1.82) is 0 Å². The van der Waals surface area contributed by atoms with Crippen LogP contribution in [-0.4, -0.2) is 54.1 Å². The van der Waals surface area contributed by atoms with Crippen LogP contribution >= 0.6 is 11.6 Å². The molecule has 2 amide bonds. The summed E-state index contributed by atoms with van der Waals surface area (Å²) in [5.41, 5.74) is 5.22. The highest BCUT2D eigenvalue weighted by molar-refractivity contribution is 6.32. The molecular weight excluding hydrogens is 352 g/mol. The maximum atomic E-state index is 12.7. The predicted octanol–water partition coefficient (Wildman–Crippen LogP) is 1.29. The zero-order chi connectivity index (χ0) is 18.6. The minimum absolute atomic E-state index is 0.0628. The van der Waals surface area contributed by atoms with E-state index in [0.29, 0.717) is 13.0 Å². The van der Waals surface area contributed by atoms with Crippen LogP contribution in [0.3, 0.4) is 0 Å². The van der Waals surface area contributed by atoms with E-state index < -0.39 is 30.4 Å². The normalized spacial score (nSPS) is 17.0. The van der Waals surface area contributed by atoms with Gasteiger partial charge in [-0.25, -0.2) is 4.79 Å². The largest absolute Gasteiger partial charge is 0.493 e. The maximum absolute atomic E-state index is 12.7. The van der Waals surface area contributed by atoms with Crippen LogP contribution in [0.1, 0.15) is 29.6 Å². The van der Waals surface area contributed by atoms with E-state index in [0.717, 1.165) is 12.8 Å². The number of aliphatic carboxylic acids is 1. The molecule has 1 heterocycles. The standard InChI is InChI=1S/C16H19ClN2O6/c1-24-12-7-9(6-10(17)14(12)25-8-13(18)20)15(21)19-5-3-2-4-11(19)16(22)23/h6-7,11H,2-5,8H2,1H3,(H2,18,20)(H,22,23)/t11-/m0/s1. The van der Waals surface area contributed by atoms with Crippen LogP contribution in [0.5, 0.6) is 11.5 Å². The van der Waals surface area contributed by atoms with Crippen molar-refractivity contribution in [3.8, 4) is 11.5 Å². The van der Waals surface area contributed by atoms with Crippen molar-refractivity contribution < 1.29 is 29.0 Å². The van der Waals surface area contributed by atoms with Crippen molar-refractivity contribution in [2.75, 3.05) is 20.3 Å². The van der Waals surface area contributed by atoms with Gasteiger partial charge >= 0.3 is 5.97 Å². The lowest BCUT2D eigenvalue weighted by Gasteiger charge is -2.33. The highest BCUT2D eigenvalue weighted by Gasteiger charge is 2.33. The Morgan fingerprint density at radius 3 is 2.68 bits per heavy atom. The van der Waals surface area contributed by atoms with Crippen molar-refractivity contribution in [3.05, 3.63) is 22.7 Å². The predicted molar refractivity (Wildman–Crippen MR) is 89.0 cm³/mol. The Balaban J connectivity index is 2.32. The van der Waals surface area contributed by atoms with Gasteiger partial charge in [0.1, 0.15) is 6.04 Å². The molecule has 1 atom stereocenters. The number of rotatable bonds is 6. The minimum Gasteiger partial charge on any atom is -0.493 e. The number of nitrogens with zero attached hydrogens (tertiary/aromatic N) is 1. The van der Waals surface area contributed by atoms with E-state index in [-0.39, 0.29) is 22.1 Å². The van der Waals surface area contributed by atoms with Gasteiger partial charge in [0.2, 0.25) is 0 Å². The first kappa shape index (κ1) is 18.9. The van der Waals surface area contributed by atoms with Crippen LogP contribution < -0.4 is 15.2 Å². The average Bonchev–Trinajstić information content (AvgIpc) is 2.59. The smallest absolute Gasteiger partial charge is 0.326 e. The Kier molecular flexibility index (Phi) is 6.08. The van der Waals surface area contributed by atoms with Crippen LogP contribution in [0.2, 0.25) is 5.02 Å².